The van der Waals surface area contributed by atoms with Gasteiger partial charge in [-0.3, -0.25) is 0 Å². The lowest BCUT2D eigenvalue weighted by molar-refractivity contribution is 0.421. The van der Waals surface area contributed by atoms with E-state index in [1.54, 1.807) is 18.2 Å². The van der Waals surface area contributed by atoms with Gasteiger partial charge in [0.25, 0.3) is 0 Å². The van der Waals surface area contributed by atoms with E-state index in [0.29, 0.717) is 23.0 Å². The highest BCUT2D eigenvalue weighted by molar-refractivity contribution is 6.30. The van der Waals surface area contributed by atoms with E-state index >= 15 is 0 Å². The van der Waals surface area contributed by atoms with Gasteiger partial charge in [0, 0.05) is 0 Å². The van der Waals surface area contributed by atoms with E-state index in [2.05, 4.69) is 9.97 Å². The molecule has 2 aromatic rings. The highest BCUT2D eigenvalue weighted by Crippen LogP contribution is 2.29. The predicted molar refractivity (Wildman–Crippen MR) is 67.5 cm³/mol. The van der Waals surface area contributed by atoms with Crippen LogP contribution in [-0.4, -0.2) is 9.97 Å². The Morgan fingerprint density at radius 2 is 2.06 bits per heavy atom. The van der Waals surface area contributed by atoms with Gasteiger partial charge in [0.15, 0.2) is 11.6 Å². The first-order chi connectivity index (χ1) is 8.72. The molecule has 0 fully saturated rings. The van der Waals surface area contributed by atoms with Crippen molar-refractivity contribution in [2.24, 2.45) is 0 Å². The summed E-state index contributed by atoms with van der Waals surface area (Å²) in [7, 11) is 0. The summed E-state index contributed by atoms with van der Waals surface area (Å²) in [6.45, 7) is 2.01. The highest BCUT2D eigenvalue weighted by Gasteiger charge is 2.12. The van der Waals surface area contributed by atoms with Crippen LogP contribution in [-0.2, 0) is 6.42 Å². The number of hydrogen-bond donors (Lipinski definition) is 0. The molecular formula is C13H12ClFN2O. The fraction of sp³-hybridized carbons (Fsp3) is 0.231. The first-order valence-corrected chi connectivity index (χ1v) is 6.02. The third-order valence-electron chi connectivity index (χ3n) is 2.40. The summed E-state index contributed by atoms with van der Waals surface area (Å²) in [4.78, 5) is 7.91. The maximum absolute atomic E-state index is 13.5. The third-order valence-corrected chi connectivity index (χ3v) is 2.72. The number of nitrogens with zero attached hydrogens (tertiary/aromatic N) is 2. The summed E-state index contributed by atoms with van der Waals surface area (Å²) in [6.07, 6.45) is 2.86. The Bertz CT molecular complexity index is 548. The van der Waals surface area contributed by atoms with Crippen LogP contribution in [0.2, 0.25) is 5.15 Å². The normalized spacial score (nSPS) is 10.4. The zero-order valence-electron chi connectivity index (χ0n) is 9.86. The fourth-order valence-electron chi connectivity index (χ4n) is 1.56. The molecule has 1 aromatic heterocycles. The largest absolute Gasteiger partial charge is 0.435 e. The Morgan fingerprint density at radius 3 is 2.78 bits per heavy atom. The number of para-hydroxylation sites is 1. The maximum Gasteiger partial charge on any atom is 0.227 e. The molecule has 94 valence electrons. The van der Waals surface area contributed by atoms with Gasteiger partial charge < -0.3 is 4.74 Å². The SMILES string of the molecule is CCCc1c(Cl)ncnc1Oc1ccccc1F. The molecule has 0 aliphatic rings. The number of hydrogen-bond acceptors (Lipinski definition) is 3. The molecule has 0 saturated heterocycles. The van der Waals surface area contributed by atoms with Crippen molar-refractivity contribution < 1.29 is 9.13 Å². The van der Waals surface area contributed by atoms with Crippen molar-refractivity contribution in [3.8, 4) is 11.6 Å². The highest BCUT2D eigenvalue weighted by atomic mass is 35.5. The second-order valence-corrected chi connectivity index (χ2v) is 4.09. The minimum absolute atomic E-state index is 0.129. The van der Waals surface area contributed by atoms with Gasteiger partial charge in [0.05, 0.1) is 5.56 Å². The average molecular weight is 267 g/mol. The van der Waals surface area contributed by atoms with E-state index in [4.69, 9.17) is 16.3 Å². The van der Waals surface area contributed by atoms with E-state index < -0.39 is 5.82 Å². The van der Waals surface area contributed by atoms with Crippen molar-refractivity contribution in [1.82, 2.24) is 9.97 Å². The summed E-state index contributed by atoms with van der Waals surface area (Å²) in [6, 6.07) is 6.17. The van der Waals surface area contributed by atoms with Crippen LogP contribution in [0.5, 0.6) is 11.6 Å². The molecule has 18 heavy (non-hydrogen) atoms. The van der Waals surface area contributed by atoms with Crippen molar-refractivity contribution >= 4 is 11.6 Å². The Kier molecular flexibility index (Phi) is 4.10. The molecule has 0 saturated carbocycles. The molecule has 1 aromatic carbocycles. The lowest BCUT2D eigenvalue weighted by atomic mass is 10.2. The van der Waals surface area contributed by atoms with E-state index in [9.17, 15) is 4.39 Å². The minimum Gasteiger partial charge on any atom is -0.435 e. The molecule has 0 spiro atoms. The molecule has 0 atom stereocenters. The standard InChI is InChI=1S/C13H12ClFN2O/c1-2-5-9-12(14)16-8-17-13(9)18-11-7-4-3-6-10(11)15/h3-4,6-8H,2,5H2,1H3. The monoisotopic (exact) mass is 266 g/mol. The molecule has 0 bridgehead atoms. The van der Waals surface area contributed by atoms with Crippen molar-refractivity contribution in [2.45, 2.75) is 19.8 Å². The Hall–Kier alpha value is -1.68. The first kappa shape index (κ1) is 12.8. The van der Waals surface area contributed by atoms with Gasteiger partial charge in [0.2, 0.25) is 5.88 Å². The van der Waals surface area contributed by atoms with Crippen LogP contribution in [0.4, 0.5) is 4.39 Å². The quantitative estimate of drug-likeness (QED) is 0.784. The van der Waals surface area contributed by atoms with Crippen molar-refractivity contribution in [3.05, 3.63) is 47.1 Å². The fourth-order valence-corrected chi connectivity index (χ4v) is 1.77. The number of halogens is 2. The van der Waals surface area contributed by atoms with Crippen LogP contribution in [0.15, 0.2) is 30.6 Å². The van der Waals surface area contributed by atoms with Crippen LogP contribution in [0.3, 0.4) is 0 Å². The van der Waals surface area contributed by atoms with Crippen molar-refractivity contribution in [1.29, 1.82) is 0 Å². The van der Waals surface area contributed by atoms with Gasteiger partial charge in [-0.2, -0.15) is 0 Å². The molecule has 0 radical (unpaired) electrons. The van der Waals surface area contributed by atoms with Gasteiger partial charge in [-0.05, 0) is 18.6 Å². The predicted octanol–water partition coefficient (Wildman–Crippen LogP) is 4.01. The van der Waals surface area contributed by atoms with Crippen molar-refractivity contribution in [3.63, 3.8) is 0 Å². The molecule has 5 heteroatoms. The summed E-state index contributed by atoms with van der Waals surface area (Å²) >= 11 is 5.99. The summed E-state index contributed by atoms with van der Waals surface area (Å²) in [5, 5.41) is 0.346. The summed E-state index contributed by atoms with van der Waals surface area (Å²) in [5.74, 6) is 0.00116. The summed E-state index contributed by atoms with van der Waals surface area (Å²) < 4.78 is 19.0. The number of benzene rings is 1. The second-order valence-electron chi connectivity index (χ2n) is 3.73. The average Bonchev–Trinajstić information content (AvgIpc) is 2.36. The van der Waals surface area contributed by atoms with E-state index in [0.717, 1.165) is 6.42 Å². The molecule has 0 amide bonds. The van der Waals surface area contributed by atoms with E-state index in [1.807, 2.05) is 6.92 Å². The molecule has 3 nitrogen and oxygen atoms in total. The summed E-state index contributed by atoms with van der Waals surface area (Å²) in [5.41, 5.74) is 0.699. The minimum atomic E-state index is -0.435. The lowest BCUT2D eigenvalue weighted by Gasteiger charge is -2.10. The Morgan fingerprint density at radius 1 is 1.28 bits per heavy atom. The first-order valence-electron chi connectivity index (χ1n) is 5.64. The zero-order chi connectivity index (χ0) is 13.0. The van der Waals surface area contributed by atoms with Gasteiger partial charge in [-0.25, -0.2) is 14.4 Å². The number of ether oxygens (including phenoxy) is 1. The number of rotatable bonds is 4. The zero-order valence-corrected chi connectivity index (χ0v) is 10.6. The molecule has 0 N–H and O–H groups in total. The van der Waals surface area contributed by atoms with Gasteiger partial charge >= 0.3 is 0 Å². The molecule has 0 aliphatic heterocycles. The Balaban J connectivity index is 2.34. The van der Waals surface area contributed by atoms with Gasteiger partial charge in [-0.15, -0.1) is 0 Å². The van der Waals surface area contributed by atoms with Gasteiger partial charge in [0.1, 0.15) is 11.5 Å². The van der Waals surface area contributed by atoms with Crippen LogP contribution in [0.25, 0.3) is 0 Å². The second kappa shape index (κ2) is 5.78. The van der Waals surface area contributed by atoms with Crippen molar-refractivity contribution in [2.75, 3.05) is 0 Å². The molecule has 1 heterocycles. The van der Waals surface area contributed by atoms with Crippen LogP contribution in [0, 0.1) is 5.82 Å². The molecule has 0 aliphatic carbocycles. The molecule has 2 rings (SSSR count). The third kappa shape index (κ3) is 2.76. The lowest BCUT2D eigenvalue weighted by Crippen LogP contribution is -1.98. The van der Waals surface area contributed by atoms with Crippen LogP contribution < -0.4 is 4.74 Å². The van der Waals surface area contributed by atoms with Crippen LogP contribution >= 0.6 is 11.6 Å². The van der Waals surface area contributed by atoms with E-state index in [-0.39, 0.29) is 5.75 Å². The van der Waals surface area contributed by atoms with E-state index in [1.165, 1.54) is 12.4 Å². The number of aromatic nitrogens is 2. The topological polar surface area (TPSA) is 35.0 Å². The van der Waals surface area contributed by atoms with Crippen LogP contribution in [0.1, 0.15) is 18.9 Å². The molecular weight excluding hydrogens is 255 g/mol. The van der Waals surface area contributed by atoms with Gasteiger partial charge in [-0.1, -0.05) is 37.1 Å². The maximum atomic E-state index is 13.5. The Labute approximate surface area is 110 Å². The smallest absolute Gasteiger partial charge is 0.227 e. The molecule has 0 unspecified atom stereocenters.